The summed E-state index contributed by atoms with van der Waals surface area (Å²) in [5.41, 5.74) is 5.93. The van der Waals surface area contributed by atoms with E-state index in [9.17, 15) is 9.59 Å². The molecule has 0 spiro atoms. The molecule has 2 aromatic rings. The summed E-state index contributed by atoms with van der Waals surface area (Å²) < 4.78 is 5.33. The second-order valence-corrected chi connectivity index (χ2v) is 7.68. The first-order chi connectivity index (χ1) is 13.0. The summed E-state index contributed by atoms with van der Waals surface area (Å²) in [6, 6.07) is 5.01. The van der Waals surface area contributed by atoms with Crippen LogP contribution >= 0.6 is 34.5 Å². The summed E-state index contributed by atoms with van der Waals surface area (Å²) in [6.45, 7) is 4.52. The Kier molecular flexibility index (Phi) is 6.54. The minimum atomic E-state index is -0.422. The van der Waals surface area contributed by atoms with Crippen LogP contribution in [-0.4, -0.2) is 43.1 Å². The Balaban J connectivity index is 1.59. The molecule has 3 rings (SSSR count). The fourth-order valence-corrected chi connectivity index (χ4v) is 4.12. The van der Waals surface area contributed by atoms with Crippen molar-refractivity contribution in [1.29, 1.82) is 0 Å². The lowest BCUT2D eigenvalue weighted by Crippen LogP contribution is -2.42. The van der Waals surface area contributed by atoms with Gasteiger partial charge in [-0.25, -0.2) is 4.98 Å². The summed E-state index contributed by atoms with van der Waals surface area (Å²) in [5, 5.41) is 1.57. The van der Waals surface area contributed by atoms with E-state index in [2.05, 4.69) is 20.7 Å². The number of rotatable bonds is 4. The number of halogens is 2. The van der Waals surface area contributed by atoms with Crippen LogP contribution in [0.25, 0.3) is 0 Å². The maximum absolute atomic E-state index is 12.4. The first kappa shape index (κ1) is 19.9. The third kappa shape index (κ3) is 4.90. The summed E-state index contributed by atoms with van der Waals surface area (Å²) in [7, 11) is 0. The van der Waals surface area contributed by atoms with Crippen LogP contribution < -0.4 is 15.8 Å². The van der Waals surface area contributed by atoms with E-state index in [1.54, 1.807) is 25.1 Å². The van der Waals surface area contributed by atoms with Gasteiger partial charge in [-0.1, -0.05) is 40.6 Å². The maximum atomic E-state index is 12.4. The second-order valence-electron chi connectivity index (χ2n) is 5.89. The number of nitrogens with one attached hydrogen (secondary N) is 2. The Bertz CT molecular complexity index is 832. The van der Waals surface area contributed by atoms with E-state index in [1.165, 1.54) is 11.3 Å². The van der Waals surface area contributed by atoms with E-state index in [4.69, 9.17) is 27.9 Å². The second kappa shape index (κ2) is 8.88. The molecule has 144 valence electrons. The average molecular weight is 429 g/mol. The van der Waals surface area contributed by atoms with Crippen molar-refractivity contribution in [2.24, 2.45) is 0 Å². The SMILES string of the molecule is Cc1nc(N2CCOCC2)sc1C(=O)NNC(=O)Cc1c(Cl)cccc1Cl. The van der Waals surface area contributed by atoms with E-state index in [1.807, 2.05) is 0 Å². The lowest BCUT2D eigenvalue weighted by atomic mass is 10.1. The fraction of sp³-hybridized carbons (Fsp3) is 0.353. The zero-order chi connectivity index (χ0) is 19.4. The van der Waals surface area contributed by atoms with Gasteiger partial charge in [0.1, 0.15) is 4.88 Å². The van der Waals surface area contributed by atoms with Gasteiger partial charge in [0.05, 0.1) is 25.3 Å². The van der Waals surface area contributed by atoms with Gasteiger partial charge in [0, 0.05) is 23.1 Å². The smallest absolute Gasteiger partial charge is 0.281 e. The van der Waals surface area contributed by atoms with Gasteiger partial charge in [-0.3, -0.25) is 20.4 Å². The zero-order valence-corrected chi connectivity index (χ0v) is 16.9. The van der Waals surface area contributed by atoms with E-state index in [-0.39, 0.29) is 6.42 Å². The predicted molar refractivity (Wildman–Crippen MR) is 106 cm³/mol. The Morgan fingerprint density at radius 3 is 2.56 bits per heavy atom. The van der Waals surface area contributed by atoms with Crippen LogP contribution in [-0.2, 0) is 16.0 Å². The largest absolute Gasteiger partial charge is 0.378 e. The van der Waals surface area contributed by atoms with Crippen LogP contribution in [0.2, 0.25) is 10.0 Å². The minimum absolute atomic E-state index is 0.0422. The standard InChI is InChI=1S/C17H18Cl2N4O3S/c1-10-15(27-17(20-10)23-5-7-26-8-6-23)16(25)22-21-14(24)9-11-12(18)3-2-4-13(11)19/h2-4H,5-9H2,1H3,(H,21,24)(H,22,25). The van der Waals surface area contributed by atoms with E-state index < -0.39 is 11.8 Å². The number of ether oxygens (including phenoxy) is 1. The van der Waals surface area contributed by atoms with Crippen molar-refractivity contribution in [1.82, 2.24) is 15.8 Å². The normalized spacial score (nSPS) is 14.1. The molecule has 2 amide bonds. The van der Waals surface area contributed by atoms with Crippen LogP contribution in [0.15, 0.2) is 18.2 Å². The Labute approximate surface area is 170 Å². The molecule has 0 unspecified atom stereocenters. The van der Waals surface area contributed by atoms with E-state index >= 15 is 0 Å². The number of nitrogens with zero attached hydrogens (tertiary/aromatic N) is 2. The fourth-order valence-electron chi connectivity index (χ4n) is 2.57. The highest BCUT2D eigenvalue weighted by Gasteiger charge is 2.21. The number of hydrogen-bond donors (Lipinski definition) is 2. The number of benzene rings is 1. The molecule has 2 heterocycles. The number of thiazole rings is 1. The number of hydrogen-bond acceptors (Lipinski definition) is 6. The molecule has 1 aromatic carbocycles. The third-order valence-electron chi connectivity index (χ3n) is 3.99. The Morgan fingerprint density at radius 1 is 1.22 bits per heavy atom. The Hall–Kier alpha value is -1.87. The number of hydrazine groups is 1. The van der Waals surface area contributed by atoms with Crippen LogP contribution in [0.5, 0.6) is 0 Å². The lowest BCUT2D eigenvalue weighted by molar-refractivity contribution is -0.121. The molecule has 0 saturated carbocycles. The van der Waals surface area contributed by atoms with Crippen molar-refractivity contribution in [2.45, 2.75) is 13.3 Å². The van der Waals surface area contributed by atoms with Crippen molar-refractivity contribution >= 4 is 51.5 Å². The highest BCUT2D eigenvalue weighted by Crippen LogP contribution is 2.27. The Morgan fingerprint density at radius 2 is 1.89 bits per heavy atom. The minimum Gasteiger partial charge on any atom is -0.378 e. The van der Waals surface area contributed by atoms with Gasteiger partial charge in [-0.2, -0.15) is 0 Å². The van der Waals surface area contributed by atoms with E-state index in [0.717, 1.165) is 18.2 Å². The van der Waals surface area contributed by atoms with Crippen LogP contribution in [0, 0.1) is 6.92 Å². The van der Waals surface area contributed by atoms with Crippen LogP contribution in [0.3, 0.4) is 0 Å². The maximum Gasteiger partial charge on any atom is 0.281 e. The van der Waals surface area contributed by atoms with Gasteiger partial charge in [0.25, 0.3) is 5.91 Å². The van der Waals surface area contributed by atoms with Gasteiger partial charge in [-0.05, 0) is 24.6 Å². The van der Waals surface area contributed by atoms with E-state index in [0.29, 0.717) is 39.4 Å². The molecule has 1 aliphatic rings. The van der Waals surface area contributed by atoms with Gasteiger partial charge in [0.2, 0.25) is 5.91 Å². The van der Waals surface area contributed by atoms with Crippen LogP contribution in [0.1, 0.15) is 20.9 Å². The highest BCUT2D eigenvalue weighted by atomic mass is 35.5. The van der Waals surface area contributed by atoms with Crippen LogP contribution in [0.4, 0.5) is 5.13 Å². The topological polar surface area (TPSA) is 83.6 Å². The van der Waals surface area contributed by atoms with Gasteiger partial charge >= 0.3 is 0 Å². The summed E-state index contributed by atoms with van der Waals surface area (Å²) in [6.07, 6.45) is -0.0422. The molecule has 1 saturated heterocycles. The number of morpholine rings is 1. The first-order valence-electron chi connectivity index (χ1n) is 8.28. The number of anilines is 1. The molecular weight excluding hydrogens is 411 g/mol. The molecule has 0 aliphatic carbocycles. The zero-order valence-electron chi connectivity index (χ0n) is 14.6. The molecule has 10 heteroatoms. The molecule has 1 aromatic heterocycles. The third-order valence-corrected chi connectivity index (χ3v) is 5.91. The number of amides is 2. The van der Waals surface area contributed by atoms with Crippen molar-refractivity contribution in [3.05, 3.63) is 44.4 Å². The quantitative estimate of drug-likeness (QED) is 0.731. The summed E-state index contributed by atoms with van der Waals surface area (Å²) >= 11 is 13.4. The molecule has 0 atom stereocenters. The predicted octanol–water partition coefficient (Wildman–Crippen LogP) is 2.60. The lowest BCUT2D eigenvalue weighted by Gasteiger charge is -2.25. The van der Waals surface area contributed by atoms with Crippen molar-refractivity contribution < 1.29 is 14.3 Å². The molecule has 1 fully saturated rings. The summed E-state index contributed by atoms with van der Waals surface area (Å²) in [4.78, 5) is 31.5. The van der Waals surface area contributed by atoms with Crippen molar-refractivity contribution in [3.8, 4) is 0 Å². The van der Waals surface area contributed by atoms with Crippen molar-refractivity contribution in [3.63, 3.8) is 0 Å². The first-order valence-corrected chi connectivity index (χ1v) is 9.85. The molecule has 7 nitrogen and oxygen atoms in total. The molecule has 2 N–H and O–H groups in total. The van der Waals surface area contributed by atoms with Gasteiger partial charge < -0.3 is 9.64 Å². The molecule has 27 heavy (non-hydrogen) atoms. The molecular formula is C17H18Cl2N4O3S. The number of aryl methyl sites for hydroxylation is 1. The monoisotopic (exact) mass is 428 g/mol. The molecule has 1 aliphatic heterocycles. The number of carbonyl (C=O) groups excluding carboxylic acids is 2. The highest BCUT2D eigenvalue weighted by molar-refractivity contribution is 7.17. The molecule has 0 radical (unpaired) electrons. The van der Waals surface area contributed by atoms with Gasteiger partial charge in [-0.15, -0.1) is 0 Å². The van der Waals surface area contributed by atoms with Crippen molar-refractivity contribution in [2.75, 3.05) is 31.2 Å². The molecule has 0 bridgehead atoms. The number of carbonyl (C=O) groups is 2. The summed E-state index contributed by atoms with van der Waals surface area (Å²) in [5.74, 6) is -0.836. The number of aromatic nitrogens is 1. The average Bonchev–Trinajstić information content (AvgIpc) is 3.05. The van der Waals surface area contributed by atoms with Gasteiger partial charge in [0.15, 0.2) is 5.13 Å².